The molecule has 1 aromatic rings. The quantitative estimate of drug-likeness (QED) is 0.795. The Labute approximate surface area is 110 Å². The molecule has 19 heavy (non-hydrogen) atoms. The van der Waals surface area contributed by atoms with E-state index in [-0.39, 0.29) is 23.4 Å². The largest absolute Gasteiger partial charge is 0.353 e. The summed E-state index contributed by atoms with van der Waals surface area (Å²) >= 11 is 0. The third-order valence-corrected chi connectivity index (χ3v) is 3.22. The average molecular weight is 263 g/mol. The fraction of sp³-hybridized carbons (Fsp3) is 0.462. The standard InChI is InChI=1S/C13H17N3O3/c1-9(17)15-11-4-6-16(7-5-11)13(19)10-2-3-12(18)14-8-10/h2-3,8,11H,4-7H2,1H3,(H,14,18)(H,15,17). The normalized spacial score (nSPS) is 16.2. The second-order valence-electron chi connectivity index (χ2n) is 4.71. The van der Waals surface area contributed by atoms with Crippen LogP contribution >= 0.6 is 0 Å². The number of carbonyl (C=O) groups is 2. The maximum Gasteiger partial charge on any atom is 0.255 e. The summed E-state index contributed by atoms with van der Waals surface area (Å²) in [4.78, 5) is 38.3. The number of carbonyl (C=O) groups excluding carboxylic acids is 2. The molecule has 0 unspecified atom stereocenters. The number of piperidine rings is 1. The Hall–Kier alpha value is -2.11. The van der Waals surface area contributed by atoms with E-state index in [0.29, 0.717) is 18.7 Å². The highest BCUT2D eigenvalue weighted by molar-refractivity contribution is 5.93. The zero-order chi connectivity index (χ0) is 13.8. The van der Waals surface area contributed by atoms with E-state index < -0.39 is 0 Å². The predicted octanol–water partition coefficient (Wildman–Crippen LogP) is 0.116. The highest BCUT2D eigenvalue weighted by Crippen LogP contribution is 2.13. The summed E-state index contributed by atoms with van der Waals surface area (Å²) in [6.45, 7) is 2.73. The summed E-state index contributed by atoms with van der Waals surface area (Å²) in [6, 6.07) is 3.02. The lowest BCUT2D eigenvalue weighted by Gasteiger charge is -2.32. The lowest BCUT2D eigenvalue weighted by molar-refractivity contribution is -0.119. The third-order valence-electron chi connectivity index (χ3n) is 3.22. The molecule has 2 rings (SSSR count). The van der Waals surface area contributed by atoms with Crippen molar-refractivity contribution in [3.05, 3.63) is 34.2 Å². The van der Waals surface area contributed by atoms with Crippen molar-refractivity contribution in [1.82, 2.24) is 15.2 Å². The van der Waals surface area contributed by atoms with Gasteiger partial charge in [0.25, 0.3) is 5.91 Å². The monoisotopic (exact) mass is 263 g/mol. The lowest BCUT2D eigenvalue weighted by atomic mass is 10.0. The number of pyridine rings is 1. The highest BCUT2D eigenvalue weighted by atomic mass is 16.2. The molecule has 1 aliphatic rings. The Morgan fingerprint density at radius 3 is 2.53 bits per heavy atom. The second kappa shape index (κ2) is 5.69. The van der Waals surface area contributed by atoms with Gasteiger partial charge in [0.1, 0.15) is 0 Å². The van der Waals surface area contributed by atoms with Crippen LogP contribution in [0.1, 0.15) is 30.1 Å². The van der Waals surface area contributed by atoms with Crippen LogP contribution in [0.4, 0.5) is 0 Å². The first kappa shape index (κ1) is 13.3. The van der Waals surface area contributed by atoms with Crippen molar-refractivity contribution in [2.75, 3.05) is 13.1 Å². The molecule has 1 aromatic heterocycles. The third kappa shape index (κ3) is 3.43. The van der Waals surface area contributed by atoms with Crippen molar-refractivity contribution < 1.29 is 9.59 Å². The number of nitrogens with one attached hydrogen (secondary N) is 2. The zero-order valence-corrected chi connectivity index (χ0v) is 10.8. The van der Waals surface area contributed by atoms with Crippen molar-refractivity contribution in [2.24, 2.45) is 0 Å². The van der Waals surface area contributed by atoms with Crippen LogP contribution in [0.25, 0.3) is 0 Å². The number of H-pyrrole nitrogens is 1. The van der Waals surface area contributed by atoms with E-state index in [9.17, 15) is 14.4 Å². The van der Waals surface area contributed by atoms with E-state index in [0.717, 1.165) is 12.8 Å². The summed E-state index contributed by atoms with van der Waals surface area (Å²) < 4.78 is 0. The van der Waals surface area contributed by atoms with Gasteiger partial charge in [0.05, 0.1) is 5.56 Å². The van der Waals surface area contributed by atoms with E-state index in [2.05, 4.69) is 10.3 Å². The number of nitrogens with zero attached hydrogens (tertiary/aromatic N) is 1. The van der Waals surface area contributed by atoms with Crippen LogP contribution in [-0.2, 0) is 4.79 Å². The Kier molecular flexibility index (Phi) is 3.99. The molecule has 0 saturated carbocycles. The average Bonchev–Trinajstić information content (AvgIpc) is 2.39. The predicted molar refractivity (Wildman–Crippen MR) is 69.8 cm³/mol. The maximum absolute atomic E-state index is 12.2. The Balaban J connectivity index is 1.94. The molecule has 102 valence electrons. The number of likely N-dealkylation sites (tertiary alicyclic amines) is 1. The van der Waals surface area contributed by atoms with Crippen LogP contribution in [0, 0.1) is 0 Å². The van der Waals surface area contributed by atoms with E-state index in [1.165, 1.54) is 25.3 Å². The van der Waals surface area contributed by atoms with Crippen LogP contribution in [-0.4, -0.2) is 40.8 Å². The maximum atomic E-state index is 12.2. The molecule has 0 atom stereocenters. The van der Waals surface area contributed by atoms with Gasteiger partial charge in [-0.25, -0.2) is 0 Å². The summed E-state index contributed by atoms with van der Waals surface area (Å²) in [7, 11) is 0. The van der Waals surface area contributed by atoms with Crippen molar-refractivity contribution in [2.45, 2.75) is 25.8 Å². The summed E-state index contributed by atoms with van der Waals surface area (Å²) in [5.74, 6) is -0.122. The molecule has 2 N–H and O–H groups in total. The van der Waals surface area contributed by atoms with Gasteiger partial charge in [0, 0.05) is 38.3 Å². The summed E-state index contributed by atoms with van der Waals surface area (Å²) in [5.41, 5.74) is 0.262. The van der Waals surface area contributed by atoms with Crippen molar-refractivity contribution >= 4 is 11.8 Å². The number of aromatic nitrogens is 1. The molecule has 0 aromatic carbocycles. The number of amides is 2. The molecule has 0 spiro atoms. The molecule has 1 saturated heterocycles. The minimum Gasteiger partial charge on any atom is -0.353 e. The van der Waals surface area contributed by atoms with Gasteiger partial charge in [-0.3, -0.25) is 14.4 Å². The van der Waals surface area contributed by atoms with E-state index in [4.69, 9.17) is 0 Å². The number of hydrogen-bond donors (Lipinski definition) is 2. The van der Waals surface area contributed by atoms with Gasteiger partial charge in [0.2, 0.25) is 11.5 Å². The van der Waals surface area contributed by atoms with Crippen LogP contribution in [0.3, 0.4) is 0 Å². The molecule has 2 amide bonds. The van der Waals surface area contributed by atoms with Crippen molar-refractivity contribution in [3.8, 4) is 0 Å². The SMILES string of the molecule is CC(=O)NC1CCN(C(=O)c2ccc(=O)[nH]c2)CC1. The molecule has 0 aliphatic carbocycles. The molecule has 1 aliphatic heterocycles. The number of hydrogen-bond acceptors (Lipinski definition) is 3. The fourth-order valence-electron chi connectivity index (χ4n) is 2.24. The highest BCUT2D eigenvalue weighted by Gasteiger charge is 2.23. The summed E-state index contributed by atoms with van der Waals surface area (Å²) in [6.07, 6.45) is 2.95. The van der Waals surface area contributed by atoms with Crippen LogP contribution < -0.4 is 10.9 Å². The molecule has 1 fully saturated rings. The Bertz CT molecular complexity index is 510. The Morgan fingerprint density at radius 1 is 1.32 bits per heavy atom. The van der Waals surface area contributed by atoms with Gasteiger partial charge < -0.3 is 15.2 Å². The van der Waals surface area contributed by atoms with Crippen LogP contribution in [0.2, 0.25) is 0 Å². The fourth-order valence-corrected chi connectivity index (χ4v) is 2.24. The van der Waals surface area contributed by atoms with E-state index in [1.807, 2.05) is 0 Å². The zero-order valence-electron chi connectivity index (χ0n) is 10.8. The van der Waals surface area contributed by atoms with Gasteiger partial charge in [-0.1, -0.05) is 0 Å². The van der Waals surface area contributed by atoms with Gasteiger partial charge >= 0.3 is 0 Å². The molecule has 0 radical (unpaired) electrons. The van der Waals surface area contributed by atoms with Crippen molar-refractivity contribution in [1.29, 1.82) is 0 Å². The molecule has 0 bridgehead atoms. The molecule has 6 heteroatoms. The Morgan fingerprint density at radius 2 is 2.00 bits per heavy atom. The first-order valence-corrected chi connectivity index (χ1v) is 6.31. The van der Waals surface area contributed by atoms with Crippen LogP contribution in [0.15, 0.2) is 23.1 Å². The topological polar surface area (TPSA) is 82.3 Å². The van der Waals surface area contributed by atoms with Gasteiger partial charge in [0.15, 0.2) is 0 Å². The number of rotatable bonds is 2. The van der Waals surface area contributed by atoms with Crippen molar-refractivity contribution in [3.63, 3.8) is 0 Å². The smallest absolute Gasteiger partial charge is 0.255 e. The minimum absolute atomic E-state index is 0.0367. The van der Waals surface area contributed by atoms with E-state index in [1.54, 1.807) is 4.90 Å². The molecular weight excluding hydrogens is 246 g/mol. The molecule has 6 nitrogen and oxygen atoms in total. The first-order chi connectivity index (χ1) is 9.06. The number of aromatic amines is 1. The molecular formula is C13H17N3O3. The van der Waals surface area contributed by atoms with E-state index >= 15 is 0 Å². The lowest BCUT2D eigenvalue weighted by Crippen LogP contribution is -2.46. The second-order valence-corrected chi connectivity index (χ2v) is 4.71. The summed E-state index contributed by atoms with van der Waals surface area (Å²) in [5, 5.41) is 2.86. The first-order valence-electron chi connectivity index (χ1n) is 6.31. The van der Waals surface area contributed by atoms with Gasteiger partial charge in [-0.15, -0.1) is 0 Å². The van der Waals surface area contributed by atoms with Crippen LogP contribution in [0.5, 0.6) is 0 Å². The molecule has 2 heterocycles. The van der Waals surface area contributed by atoms with Gasteiger partial charge in [-0.2, -0.15) is 0 Å². The minimum atomic E-state index is -0.221. The van der Waals surface area contributed by atoms with Gasteiger partial charge in [-0.05, 0) is 18.9 Å².